The Kier molecular flexibility index (Phi) is 5.44. The van der Waals surface area contributed by atoms with Crippen molar-refractivity contribution in [3.63, 3.8) is 0 Å². The molecule has 5 rings (SSSR count). The number of imidazole rings is 1. The topological polar surface area (TPSA) is 98.0 Å². The molecule has 0 saturated carbocycles. The lowest BCUT2D eigenvalue weighted by atomic mass is 10.0. The third-order valence-corrected chi connectivity index (χ3v) is 6.08. The van der Waals surface area contributed by atoms with Crippen LogP contribution in [0.1, 0.15) is 19.8 Å². The molecule has 5 heterocycles. The van der Waals surface area contributed by atoms with Crippen LogP contribution >= 0.6 is 0 Å². The number of furan rings is 1. The van der Waals surface area contributed by atoms with E-state index in [-0.39, 0.29) is 6.04 Å². The zero-order chi connectivity index (χ0) is 22.2. The second-order valence-electron chi connectivity index (χ2n) is 8.68. The molecule has 0 amide bonds. The van der Waals surface area contributed by atoms with Crippen LogP contribution in [0.3, 0.4) is 0 Å². The first-order valence-corrected chi connectivity index (χ1v) is 11.0. The van der Waals surface area contributed by atoms with Crippen molar-refractivity contribution < 1.29 is 9.15 Å². The van der Waals surface area contributed by atoms with E-state index in [1.165, 1.54) is 0 Å². The summed E-state index contributed by atoms with van der Waals surface area (Å²) in [7, 11) is 4.30. The summed E-state index contributed by atoms with van der Waals surface area (Å²) in [5.74, 6) is 2.12. The van der Waals surface area contributed by atoms with Gasteiger partial charge in [-0.05, 0) is 58.1 Å². The van der Waals surface area contributed by atoms with E-state index >= 15 is 0 Å². The van der Waals surface area contributed by atoms with Crippen LogP contribution in [0, 0.1) is 0 Å². The third-order valence-electron chi connectivity index (χ3n) is 6.08. The van der Waals surface area contributed by atoms with Gasteiger partial charge in [0.2, 0.25) is 5.88 Å². The number of piperidine rings is 1. The van der Waals surface area contributed by atoms with Gasteiger partial charge < -0.3 is 24.7 Å². The van der Waals surface area contributed by atoms with Gasteiger partial charge in [-0.15, -0.1) is 5.10 Å². The van der Waals surface area contributed by atoms with Gasteiger partial charge in [0.05, 0.1) is 11.6 Å². The summed E-state index contributed by atoms with van der Waals surface area (Å²) in [6.45, 7) is 4.49. The van der Waals surface area contributed by atoms with E-state index in [1.807, 2.05) is 31.3 Å². The highest BCUT2D eigenvalue weighted by molar-refractivity contribution is 5.92. The fourth-order valence-electron chi connectivity index (χ4n) is 4.23. The van der Waals surface area contributed by atoms with Crippen LogP contribution in [-0.4, -0.2) is 70.4 Å². The van der Waals surface area contributed by atoms with Crippen molar-refractivity contribution >= 4 is 22.4 Å². The lowest BCUT2D eigenvalue weighted by Crippen LogP contribution is -2.42. The number of nitrogens with zero attached hydrogens (tertiary/aromatic N) is 6. The van der Waals surface area contributed by atoms with E-state index in [0.29, 0.717) is 24.3 Å². The van der Waals surface area contributed by atoms with E-state index in [2.05, 4.69) is 34.0 Å². The van der Waals surface area contributed by atoms with Crippen LogP contribution in [0.5, 0.6) is 5.88 Å². The molecule has 0 aromatic carbocycles. The Morgan fingerprint density at radius 2 is 2.06 bits per heavy atom. The Morgan fingerprint density at radius 1 is 1.25 bits per heavy atom. The lowest BCUT2D eigenvalue weighted by Gasteiger charge is -2.35. The molecule has 9 heteroatoms. The van der Waals surface area contributed by atoms with Gasteiger partial charge in [-0.1, -0.05) is 0 Å². The molecular formula is C23H29N7O2. The molecule has 1 aliphatic heterocycles. The molecule has 4 aromatic rings. The average molecular weight is 436 g/mol. The maximum atomic E-state index is 6.22. The predicted octanol–water partition coefficient (Wildman–Crippen LogP) is 2.79. The second-order valence-corrected chi connectivity index (χ2v) is 8.68. The van der Waals surface area contributed by atoms with Crippen LogP contribution in [0.25, 0.3) is 28.1 Å². The van der Waals surface area contributed by atoms with Crippen molar-refractivity contribution in [2.24, 2.45) is 5.73 Å². The third kappa shape index (κ3) is 3.89. The molecule has 2 N–H and O–H groups in total. The maximum Gasteiger partial charge on any atom is 0.231 e. The monoisotopic (exact) mass is 435 g/mol. The first kappa shape index (κ1) is 20.7. The van der Waals surface area contributed by atoms with Gasteiger partial charge in [0.15, 0.2) is 11.4 Å². The summed E-state index contributed by atoms with van der Waals surface area (Å²) in [6.07, 6.45) is 5.82. The highest BCUT2D eigenvalue weighted by Crippen LogP contribution is 2.34. The first-order chi connectivity index (χ1) is 15.5. The fourth-order valence-corrected chi connectivity index (χ4v) is 4.23. The van der Waals surface area contributed by atoms with Gasteiger partial charge in [0.1, 0.15) is 23.7 Å². The van der Waals surface area contributed by atoms with Gasteiger partial charge in [-0.3, -0.25) is 0 Å². The molecule has 9 nitrogen and oxygen atoms in total. The molecule has 1 aliphatic rings. The Labute approximate surface area is 186 Å². The highest BCUT2D eigenvalue weighted by atomic mass is 16.5. The summed E-state index contributed by atoms with van der Waals surface area (Å²) in [4.78, 5) is 13.8. The van der Waals surface area contributed by atoms with Crippen molar-refractivity contribution in [3.8, 4) is 17.3 Å². The number of ether oxygens (including phenoxy) is 1. The number of likely N-dealkylation sites (tertiary alicyclic amines) is 1. The van der Waals surface area contributed by atoms with Gasteiger partial charge >= 0.3 is 0 Å². The molecule has 0 bridgehead atoms. The number of aromatic nitrogens is 4. The zero-order valence-corrected chi connectivity index (χ0v) is 18.7. The largest absolute Gasteiger partial charge is 0.475 e. The SMILES string of the molecule is CC(N)COc1ccc2ncc(-c3cc4c(N(C)C5CCN(C)CC5)nccc4o3)n2n1. The quantitative estimate of drug-likeness (QED) is 0.494. The molecule has 1 atom stereocenters. The fraction of sp³-hybridized carbons (Fsp3) is 0.435. The lowest BCUT2D eigenvalue weighted by molar-refractivity contribution is 0.252. The van der Waals surface area contributed by atoms with Crippen LogP contribution < -0.4 is 15.4 Å². The smallest absolute Gasteiger partial charge is 0.231 e. The Balaban J connectivity index is 1.49. The number of pyridine rings is 1. The maximum absolute atomic E-state index is 6.22. The van der Waals surface area contributed by atoms with Gasteiger partial charge in [0.25, 0.3) is 0 Å². The molecule has 1 saturated heterocycles. The summed E-state index contributed by atoms with van der Waals surface area (Å²) in [5.41, 5.74) is 8.07. The van der Waals surface area contributed by atoms with E-state index < -0.39 is 0 Å². The van der Waals surface area contributed by atoms with Crippen molar-refractivity contribution in [1.82, 2.24) is 24.5 Å². The highest BCUT2D eigenvalue weighted by Gasteiger charge is 2.24. The van der Waals surface area contributed by atoms with Gasteiger partial charge in [0, 0.05) is 31.4 Å². The number of anilines is 1. The Hall–Kier alpha value is -3.17. The van der Waals surface area contributed by atoms with Crippen molar-refractivity contribution in [2.75, 3.05) is 38.7 Å². The van der Waals surface area contributed by atoms with Crippen LogP contribution in [-0.2, 0) is 0 Å². The van der Waals surface area contributed by atoms with Crippen molar-refractivity contribution in [1.29, 1.82) is 0 Å². The minimum absolute atomic E-state index is 0.0717. The molecule has 1 fully saturated rings. The van der Waals surface area contributed by atoms with E-state index in [4.69, 9.17) is 19.9 Å². The Bertz CT molecular complexity index is 1220. The molecule has 0 radical (unpaired) electrons. The minimum Gasteiger partial charge on any atom is -0.475 e. The van der Waals surface area contributed by atoms with Crippen LogP contribution in [0.15, 0.2) is 41.1 Å². The molecule has 4 aromatic heterocycles. The van der Waals surface area contributed by atoms with Gasteiger partial charge in [-0.25, -0.2) is 14.5 Å². The number of nitrogens with two attached hydrogens (primary N) is 1. The number of hydrogen-bond donors (Lipinski definition) is 1. The number of hydrogen-bond acceptors (Lipinski definition) is 8. The van der Waals surface area contributed by atoms with E-state index in [9.17, 15) is 0 Å². The molecule has 1 unspecified atom stereocenters. The zero-order valence-electron chi connectivity index (χ0n) is 18.7. The van der Waals surface area contributed by atoms with Crippen molar-refractivity contribution in [3.05, 3.63) is 36.7 Å². The van der Waals surface area contributed by atoms with Crippen LogP contribution in [0.4, 0.5) is 5.82 Å². The van der Waals surface area contributed by atoms with Crippen LogP contribution in [0.2, 0.25) is 0 Å². The number of rotatable bonds is 6. The van der Waals surface area contributed by atoms with Crippen molar-refractivity contribution in [2.45, 2.75) is 31.8 Å². The summed E-state index contributed by atoms with van der Waals surface area (Å²) in [5, 5.41) is 5.57. The normalized spacial score (nSPS) is 16.6. The second kappa shape index (κ2) is 8.40. The summed E-state index contributed by atoms with van der Waals surface area (Å²) in [6, 6.07) is 7.99. The summed E-state index contributed by atoms with van der Waals surface area (Å²) >= 11 is 0. The average Bonchev–Trinajstić information content (AvgIpc) is 3.41. The standard InChI is InChI=1S/C23H29N7O2/c1-15(24)14-31-22-5-4-21-26-13-18(30(21)27-22)20-12-17-19(32-20)6-9-25-23(17)29(3)16-7-10-28(2)11-8-16/h4-6,9,12-13,15-16H,7-8,10-11,14,24H2,1-3H3. The molecule has 0 spiro atoms. The van der Waals surface area contributed by atoms with E-state index in [0.717, 1.165) is 54.1 Å². The molecule has 0 aliphatic carbocycles. The van der Waals surface area contributed by atoms with Gasteiger partial charge in [-0.2, -0.15) is 0 Å². The summed E-state index contributed by atoms with van der Waals surface area (Å²) < 4.78 is 13.6. The van der Waals surface area contributed by atoms with E-state index in [1.54, 1.807) is 16.8 Å². The number of fused-ring (bicyclic) bond motifs is 2. The first-order valence-electron chi connectivity index (χ1n) is 11.0. The molecule has 32 heavy (non-hydrogen) atoms. The predicted molar refractivity (Wildman–Crippen MR) is 124 cm³/mol. The molecular weight excluding hydrogens is 406 g/mol. The molecule has 168 valence electrons. The minimum atomic E-state index is -0.0717. The Morgan fingerprint density at radius 3 is 2.84 bits per heavy atom.